The van der Waals surface area contributed by atoms with Gasteiger partial charge in [-0.25, -0.2) is 9.37 Å². The lowest BCUT2D eigenvalue weighted by atomic mass is 10.0. The Labute approximate surface area is 181 Å². The fourth-order valence-corrected chi connectivity index (χ4v) is 4.49. The van der Waals surface area contributed by atoms with Gasteiger partial charge in [0, 0.05) is 35.8 Å². The summed E-state index contributed by atoms with van der Waals surface area (Å²) in [5.41, 5.74) is 4.79. The summed E-state index contributed by atoms with van der Waals surface area (Å²) in [6.07, 6.45) is 4.83. The van der Waals surface area contributed by atoms with Crippen LogP contribution in [0.25, 0.3) is 33.4 Å². The summed E-state index contributed by atoms with van der Waals surface area (Å²) in [4.78, 5) is 11.8. The molecule has 1 atom stereocenters. The highest BCUT2D eigenvalue weighted by molar-refractivity contribution is 5.96. The molecule has 1 aliphatic heterocycles. The molecule has 6 heteroatoms. The van der Waals surface area contributed by atoms with E-state index in [0.717, 1.165) is 66.1 Å². The molecule has 0 amide bonds. The number of imidazole rings is 1. The number of ether oxygens (including phenoxy) is 1. The Hall–Kier alpha value is -3.09. The maximum Gasteiger partial charge on any atom is 0.123 e. The van der Waals surface area contributed by atoms with Crippen LogP contribution in [0.15, 0.2) is 67.1 Å². The van der Waals surface area contributed by atoms with Crippen molar-refractivity contribution in [3.8, 4) is 22.5 Å². The van der Waals surface area contributed by atoms with Crippen molar-refractivity contribution in [2.75, 3.05) is 26.3 Å². The third kappa shape index (κ3) is 3.73. The van der Waals surface area contributed by atoms with Gasteiger partial charge in [0.2, 0.25) is 0 Å². The van der Waals surface area contributed by atoms with Crippen LogP contribution in [-0.4, -0.2) is 45.7 Å². The summed E-state index contributed by atoms with van der Waals surface area (Å²) >= 11 is 0. The zero-order valence-corrected chi connectivity index (χ0v) is 17.5. The van der Waals surface area contributed by atoms with Crippen LogP contribution in [0.4, 0.5) is 4.39 Å². The Balaban J connectivity index is 1.71. The lowest BCUT2D eigenvalue weighted by molar-refractivity contribution is -0.00228. The van der Waals surface area contributed by atoms with Crippen molar-refractivity contribution >= 4 is 10.9 Å². The molecule has 31 heavy (non-hydrogen) atoms. The number of aromatic nitrogens is 3. The van der Waals surface area contributed by atoms with Gasteiger partial charge in [-0.05, 0) is 42.8 Å². The number of benzene rings is 2. The van der Waals surface area contributed by atoms with Crippen molar-refractivity contribution in [2.24, 2.45) is 0 Å². The minimum absolute atomic E-state index is 0.151. The quantitative estimate of drug-likeness (QED) is 0.452. The highest BCUT2D eigenvalue weighted by Gasteiger charge is 2.26. The van der Waals surface area contributed by atoms with Crippen LogP contribution in [0.1, 0.15) is 19.5 Å². The first-order valence-electron chi connectivity index (χ1n) is 10.7. The van der Waals surface area contributed by atoms with Gasteiger partial charge in [-0.1, -0.05) is 25.1 Å². The highest BCUT2D eigenvalue weighted by atomic mass is 19.1. The van der Waals surface area contributed by atoms with Gasteiger partial charge in [0.25, 0.3) is 0 Å². The SMILES string of the molecule is CCC(N1CCOCC1)n1cnc(-c2ccnc3ccccc23)c1-c1ccc(F)cc1. The molecule has 2 aromatic heterocycles. The first-order valence-corrected chi connectivity index (χ1v) is 10.7. The molecule has 0 spiro atoms. The normalized spacial score (nSPS) is 15.9. The summed E-state index contributed by atoms with van der Waals surface area (Å²) in [6.45, 7) is 5.42. The van der Waals surface area contributed by atoms with Crippen LogP contribution in [0, 0.1) is 5.82 Å². The van der Waals surface area contributed by atoms with E-state index in [9.17, 15) is 4.39 Å². The first kappa shape index (κ1) is 19.8. The predicted octanol–water partition coefficient (Wildman–Crippen LogP) is 5.15. The Bertz CT molecular complexity index is 1180. The number of morpholine rings is 1. The molecule has 1 aliphatic rings. The van der Waals surface area contributed by atoms with E-state index in [4.69, 9.17) is 9.72 Å². The van der Waals surface area contributed by atoms with Crippen molar-refractivity contribution in [2.45, 2.75) is 19.5 Å². The first-order chi connectivity index (χ1) is 15.3. The summed E-state index contributed by atoms with van der Waals surface area (Å²) < 4.78 is 21.5. The largest absolute Gasteiger partial charge is 0.379 e. The molecular weight excluding hydrogens is 391 g/mol. The van der Waals surface area contributed by atoms with Gasteiger partial charge in [-0.2, -0.15) is 0 Å². The number of rotatable bonds is 5. The van der Waals surface area contributed by atoms with Crippen molar-refractivity contribution < 1.29 is 9.13 Å². The number of halogens is 1. The fourth-order valence-electron chi connectivity index (χ4n) is 4.49. The number of hydrogen-bond acceptors (Lipinski definition) is 4. The van der Waals surface area contributed by atoms with Crippen molar-refractivity contribution in [1.29, 1.82) is 0 Å². The number of para-hydroxylation sites is 1. The lowest BCUT2D eigenvalue weighted by Gasteiger charge is -2.35. The van der Waals surface area contributed by atoms with Crippen LogP contribution in [0.3, 0.4) is 0 Å². The van der Waals surface area contributed by atoms with E-state index in [1.807, 2.05) is 48.9 Å². The molecule has 1 saturated heterocycles. The number of fused-ring (bicyclic) bond motifs is 1. The Morgan fingerprint density at radius 2 is 1.77 bits per heavy atom. The molecule has 2 aromatic carbocycles. The van der Waals surface area contributed by atoms with Gasteiger partial charge in [0.15, 0.2) is 0 Å². The topological polar surface area (TPSA) is 43.2 Å². The van der Waals surface area contributed by atoms with Crippen molar-refractivity contribution in [3.63, 3.8) is 0 Å². The van der Waals surface area contributed by atoms with Crippen molar-refractivity contribution in [3.05, 3.63) is 72.9 Å². The minimum atomic E-state index is -0.244. The molecule has 158 valence electrons. The van der Waals surface area contributed by atoms with E-state index in [1.54, 1.807) is 0 Å². The molecule has 4 aromatic rings. The summed E-state index contributed by atoms with van der Waals surface area (Å²) in [5.74, 6) is -0.244. The second kappa shape index (κ2) is 8.57. The lowest BCUT2D eigenvalue weighted by Crippen LogP contribution is -2.41. The van der Waals surface area contributed by atoms with E-state index in [-0.39, 0.29) is 12.0 Å². The molecular formula is C25H25FN4O. The molecule has 0 bridgehead atoms. The standard InChI is InChI=1S/C25H25FN4O/c1-2-23(29-13-15-31-16-14-29)30-17-28-24(25(30)18-7-9-19(26)10-8-18)21-11-12-27-22-6-4-3-5-20(21)22/h3-12,17,23H,2,13-16H2,1H3. The molecule has 1 fully saturated rings. The number of pyridine rings is 1. The van der Waals surface area contributed by atoms with E-state index in [0.29, 0.717) is 0 Å². The van der Waals surface area contributed by atoms with Gasteiger partial charge < -0.3 is 9.30 Å². The van der Waals surface area contributed by atoms with Crippen LogP contribution >= 0.6 is 0 Å². The maximum atomic E-state index is 13.7. The second-order valence-corrected chi connectivity index (χ2v) is 7.77. The highest BCUT2D eigenvalue weighted by Crippen LogP contribution is 2.37. The molecule has 5 rings (SSSR count). The summed E-state index contributed by atoms with van der Waals surface area (Å²) in [5, 5.41) is 1.05. The third-order valence-electron chi connectivity index (χ3n) is 5.97. The minimum Gasteiger partial charge on any atom is -0.379 e. The van der Waals surface area contributed by atoms with Gasteiger partial charge in [0.1, 0.15) is 5.82 Å². The van der Waals surface area contributed by atoms with E-state index in [2.05, 4.69) is 27.4 Å². The molecule has 0 radical (unpaired) electrons. The number of hydrogen-bond donors (Lipinski definition) is 0. The Morgan fingerprint density at radius 1 is 1.00 bits per heavy atom. The predicted molar refractivity (Wildman–Crippen MR) is 120 cm³/mol. The maximum absolute atomic E-state index is 13.7. The summed E-state index contributed by atoms with van der Waals surface area (Å²) in [6, 6.07) is 16.8. The van der Waals surface area contributed by atoms with Gasteiger partial charge in [-0.15, -0.1) is 0 Å². The van der Waals surface area contributed by atoms with Crippen LogP contribution in [0.5, 0.6) is 0 Å². The molecule has 0 N–H and O–H groups in total. The zero-order chi connectivity index (χ0) is 21.2. The van der Waals surface area contributed by atoms with Crippen molar-refractivity contribution in [1.82, 2.24) is 19.4 Å². The smallest absolute Gasteiger partial charge is 0.123 e. The van der Waals surface area contributed by atoms with Crippen LogP contribution in [0.2, 0.25) is 0 Å². The van der Waals surface area contributed by atoms with Gasteiger partial charge >= 0.3 is 0 Å². The molecule has 0 saturated carbocycles. The van der Waals surface area contributed by atoms with Crippen LogP contribution < -0.4 is 0 Å². The average Bonchev–Trinajstić information content (AvgIpc) is 3.25. The fraction of sp³-hybridized carbons (Fsp3) is 0.280. The number of nitrogens with zero attached hydrogens (tertiary/aromatic N) is 4. The zero-order valence-electron chi connectivity index (χ0n) is 17.5. The Kier molecular flexibility index (Phi) is 5.49. The Morgan fingerprint density at radius 3 is 2.55 bits per heavy atom. The van der Waals surface area contributed by atoms with Gasteiger partial charge in [0.05, 0.1) is 42.6 Å². The molecule has 0 aliphatic carbocycles. The summed E-state index contributed by atoms with van der Waals surface area (Å²) in [7, 11) is 0. The third-order valence-corrected chi connectivity index (χ3v) is 5.97. The molecule has 1 unspecified atom stereocenters. The van der Waals surface area contributed by atoms with E-state index < -0.39 is 0 Å². The van der Waals surface area contributed by atoms with Crippen LogP contribution in [-0.2, 0) is 4.74 Å². The molecule has 3 heterocycles. The second-order valence-electron chi connectivity index (χ2n) is 7.77. The van der Waals surface area contributed by atoms with E-state index >= 15 is 0 Å². The van der Waals surface area contributed by atoms with E-state index in [1.165, 1.54) is 12.1 Å². The average molecular weight is 417 g/mol. The molecule has 5 nitrogen and oxygen atoms in total. The van der Waals surface area contributed by atoms with Gasteiger partial charge in [-0.3, -0.25) is 9.88 Å². The monoisotopic (exact) mass is 416 g/mol.